The Kier molecular flexibility index (Phi) is 4.16. The fourth-order valence-corrected chi connectivity index (χ4v) is 3.24. The van der Waals surface area contributed by atoms with E-state index in [1.54, 1.807) is 7.11 Å². The van der Waals surface area contributed by atoms with E-state index >= 15 is 0 Å². The maximum atomic E-state index is 6.28. The minimum absolute atomic E-state index is 0.101. The van der Waals surface area contributed by atoms with Crippen molar-refractivity contribution in [2.45, 2.75) is 51.2 Å². The highest BCUT2D eigenvalue weighted by atomic mass is 16.5. The molecule has 19 heavy (non-hydrogen) atoms. The van der Waals surface area contributed by atoms with Gasteiger partial charge in [-0.25, -0.2) is 0 Å². The van der Waals surface area contributed by atoms with Gasteiger partial charge in [-0.05, 0) is 57.9 Å². The molecule has 3 heteroatoms. The van der Waals surface area contributed by atoms with Gasteiger partial charge in [-0.3, -0.25) is 4.90 Å². The van der Waals surface area contributed by atoms with Crippen LogP contribution in [0.5, 0.6) is 5.75 Å². The zero-order valence-corrected chi connectivity index (χ0v) is 12.5. The lowest BCUT2D eigenvalue weighted by molar-refractivity contribution is 0.101. The van der Waals surface area contributed by atoms with E-state index in [1.165, 1.54) is 18.4 Å². The molecule has 0 spiro atoms. The first-order valence-electron chi connectivity index (χ1n) is 7.12. The first kappa shape index (κ1) is 14.4. The molecular weight excluding hydrogens is 236 g/mol. The summed E-state index contributed by atoms with van der Waals surface area (Å²) in [5, 5.41) is 0. The quantitative estimate of drug-likeness (QED) is 0.906. The Morgan fingerprint density at radius 3 is 2.63 bits per heavy atom. The lowest BCUT2D eigenvalue weighted by atomic mass is 9.94. The Bertz CT molecular complexity index is 429. The highest BCUT2D eigenvalue weighted by Crippen LogP contribution is 2.38. The van der Waals surface area contributed by atoms with E-state index in [-0.39, 0.29) is 17.6 Å². The summed E-state index contributed by atoms with van der Waals surface area (Å²) >= 11 is 0. The summed E-state index contributed by atoms with van der Waals surface area (Å²) in [5.74, 6) is 0.903. The third kappa shape index (κ3) is 2.93. The van der Waals surface area contributed by atoms with Crippen molar-refractivity contribution in [2.24, 2.45) is 5.73 Å². The molecule has 1 aliphatic rings. The summed E-state index contributed by atoms with van der Waals surface area (Å²) in [6.07, 6.45) is 2.49. The molecule has 0 aliphatic carbocycles. The molecule has 2 N–H and O–H groups in total. The number of nitrogens with zero attached hydrogens (tertiary/aromatic N) is 1. The number of nitrogens with two attached hydrogens (primary N) is 1. The van der Waals surface area contributed by atoms with Gasteiger partial charge in [-0.15, -0.1) is 0 Å². The van der Waals surface area contributed by atoms with Gasteiger partial charge in [-0.2, -0.15) is 0 Å². The van der Waals surface area contributed by atoms with Crippen LogP contribution in [0.15, 0.2) is 24.3 Å². The fourth-order valence-electron chi connectivity index (χ4n) is 3.24. The summed E-state index contributed by atoms with van der Waals surface area (Å²) in [4.78, 5) is 2.55. The molecule has 1 aromatic carbocycles. The predicted octanol–water partition coefficient (Wildman–Crippen LogP) is 2.96. The van der Waals surface area contributed by atoms with Crippen molar-refractivity contribution in [3.63, 3.8) is 0 Å². The molecule has 1 heterocycles. The van der Waals surface area contributed by atoms with E-state index in [1.807, 2.05) is 12.1 Å². The molecule has 0 radical (unpaired) electrons. The number of benzene rings is 1. The second-order valence-corrected chi connectivity index (χ2v) is 6.19. The van der Waals surface area contributed by atoms with Crippen molar-refractivity contribution in [3.8, 4) is 5.75 Å². The SMILES string of the molecule is COc1cccc(C(C(C)N)N2CCCC2(C)C)c1. The topological polar surface area (TPSA) is 38.5 Å². The highest BCUT2D eigenvalue weighted by Gasteiger charge is 2.38. The van der Waals surface area contributed by atoms with E-state index in [2.05, 4.69) is 37.8 Å². The van der Waals surface area contributed by atoms with Crippen LogP contribution >= 0.6 is 0 Å². The van der Waals surface area contributed by atoms with Crippen LogP contribution in [0.4, 0.5) is 0 Å². The van der Waals surface area contributed by atoms with E-state index < -0.39 is 0 Å². The van der Waals surface area contributed by atoms with Gasteiger partial charge in [0, 0.05) is 11.6 Å². The number of ether oxygens (including phenoxy) is 1. The van der Waals surface area contributed by atoms with Gasteiger partial charge in [0.25, 0.3) is 0 Å². The van der Waals surface area contributed by atoms with Gasteiger partial charge in [0.1, 0.15) is 5.75 Å². The zero-order valence-electron chi connectivity index (χ0n) is 12.5. The Morgan fingerprint density at radius 1 is 1.37 bits per heavy atom. The first-order chi connectivity index (χ1) is 8.95. The average molecular weight is 262 g/mol. The van der Waals surface area contributed by atoms with Gasteiger partial charge in [0.05, 0.1) is 13.2 Å². The number of hydrogen-bond donors (Lipinski definition) is 1. The molecule has 2 unspecified atom stereocenters. The summed E-state index contributed by atoms with van der Waals surface area (Å²) in [5.41, 5.74) is 7.76. The van der Waals surface area contributed by atoms with E-state index in [0.29, 0.717) is 0 Å². The Hall–Kier alpha value is -1.06. The molecule has 1 fully saturated rings. The smallest absolute Gasteiger partial charge is 0.119 e. The molecule has 106 valence electrons. The summed E-state index contributed by atoms with van der Waals surface area (Å²) < 4.78 is 5.34. The van der Waals surface area contributed by atoms with Crippen LogP contribution in [0.3, 0.4) is 0 Å². The van der Waals surface area contributed by atoms with Crippen molar-refractivity contribution in [3.05, 3.63) is 29.8 Å². The van der Waals surface area contributed by atoms with Crippen LogP contribution in [-0.2, 0) is 0 Å². The second-order valence-electron chi connectivity index (χ2n) is 6.19. The predicted molar refractivity (Wildman–Crippen MR) is 79.4 cm³/mol. The van der Waals surface area contributed by atoms with Crippen molar-refractivity contribution >= 4 is 0 Å². The minimum atomic E-state index is 0.101. The van der Waals surface area contributed by atoms with Crippen molar-refractivity contribution in [2.75, 3.05) is 13.7 Å². The monoisotopic (exact) mass is 262 g/mol. The molecule has 0 amide bonds. The molecule has 1 aromatic rings. The minimum Gasteiger partial charge on any atom is -0.497 e. The van der Waals surface area contributed by atoms with Crippen LogP contribution < -0.4 is 10.5 Å². The zero-order chi connectivity index (χ0) is 14.0. The van der Waals surface area contributed by atoms with Crippen molar-refractivity contribution in [1.29, 1.82) is 0 Å². The van der Waals surface area contributed by atoms with Crippen LogP contribution in [0.1, 0.15) is 45.2 Å². The summed E-state index contributed by atoms with van der Waals surface area (Å²) in [6, 6.07) is 8.66. The van der Waals surface area contributed by atoms with E-state index in [0.717, 1.165) is 12.3 Å². The highest BCUT2D eigenvalue weighted by molar-refractivity contribution is 5.31. The number of likely N-dealkylation sites (tertiary alicyclic amines) is 1. The van der Waals surface area contributed by atoms with Crippen LogP contribution in [0.25, 0.3) is 0 Å². The molecular formula is C16H26N2O. The molecule has 3 nitrogen and oxygen atoms in total. The maximum Gasteiger partial charge on any atom is 0.119 e. The fraction of sp³-hybridized carbons (Fsp3) is 0.625. The standard InChI is InChI=1S/C16H26N2O/c1-12(17)15(18-10-6-9-16(18,2)3)13-7-5-8-14(11-13)19-4/h5,7-8,11-12,15H,6,9-10,17H2,1-4H3. The van der Waals surface area contributed by atoms with Crippen molar-refractivity contribution in [1.82, 2.24) is 4.90 Å². The second kappa shape index (κ2) is 5.51. The van der Waals surface area contributed by atoms with Crippen LogP contribution in [0, 0.1) is 0 Å². The molecule has 0 bridgehead atoms. The summed E-state index contributed by atoms with van der Waals surface area (Å²) in [6.45, 7) is 7.85. The van der Waals surface area contributed by atoms with Crippen LogP contribution in [-0.4, -0.2) is 30.1 Å². The van der Waals surface area contributed by atoms with Gasteiger partial charge in [-0.1, -0.05) is 12.1 Å². The largest absolute Gasteiger partial charge is 0.497 e. The van der Waals surface area contributed by atoms with E-state index in [9.17, 15) is 0 Å². The number of rotatable bonds is 4. The number of hydrogen-bond acceptors (Lipinski definition) is 3. The third-order valence-electron chi connectivity index (χ3n) is 4.23. The Morgan fingerprint density at radius 2 is 2.11 bits per heavy atom. The molecule has 2 rings (SSSR count). The lowest BCUT2D eigenvalue weighted by Gasteiger charge is -2.40. The normalized spacial score (nSPS) is 22.2. The Labute approximate surface area is 116 Å². The van der Waals surface area contributed by atoms with Gasteiger partial charge in [0.15, 0.2) is 0 Å². The third-order valence-corrected chi connectivity index (χ3v) is 4.23. The Balaban J connectivity index is 2.34. The van der Waals surface area contributed by atoms with E-state index in [4.69, 9.17) is 10.5 Å². The lowest BCUT2D eigenvalue weighted by Crippen LogP contribution is -2.47. The molecule has 2 atom stereocenters. The van der Waals surface area contributed by atoms with Gasteiger partial charge < -0.3 is 10.5 Å². The molecule has 0 aromatic heterocycles. The van der Waals surface area contributed by atoms with Crippen LogP contribution in [0.2, 0.25) is 0 Å². The molecule has 1 saturated heterocycles. The average Bonchev–Trinajstić information content (AvgIpc) is 2.70. The number of methoxy groups -OCH3 is 1. The maximum absolute atomic E-state index is 6.28. The molecule has 1 aliphatic heterocycles. The van der Waals surface area contributed by atoms with Gasteiger partial charge >= 0.3 is 0 Å². The summed E-state index contributed by atoms with van der Waals surface area (Å²) in [7, 11) is 1.71. The first-order valence-corrected chi connectivity index (χ1v) is 7.12. The van der Waals surface area contributed by atoms with Crippen molar-refractivity contribution < 1.29 is 4.74 Å². The molecule has 0 saturated carbocycles. The van der Waals surface area contributed by atoms with Gasteiger partial charge in [0.2, 0.25) is 0 Å².